The van der Waals surface area contributed by atoms with Gasteiger partial charge in [-0.1, -0.05) is 25.3 Å². The van der Waals surface area contributed by atoms with Gasteiger partial charge in [-0.25, -0.2) is 4.79 Å². The number of urea groups is 1. The van der Waals surface area contributed by atoms with E-state index in [1.165, 1.54) is 19.3 Å². The highest BCUT2D eigenvalue weighted by Crippen LogP contribution is 2.17. The van der Waals surface area contributed by atoms with E-state index in [-0.39, 0.29) is 18.0 Å². The molecule has 0 aromatic carbocycles. The first-order chi connectivity index (χ1) is 11.6. The molecular weight excluding hydrogens is 304 g/mol. The fourth-order valence-corrected chi connectivity index (χ4v) is 2.96. The largest absolute Gasteiger partial charge is 0.350 e. The molecular formula is C18H28N4O2. The lowest BCUT2D eigenvalue weighted by molar-refractivity contribution is -0.121. The maximum atomic E-state index is 11.9. The standard InChI is InChI=1S/C18H28N4O2/c1-14(15-7-5-11-19-13-15)21-17(23)10-6-12-20-18(24)22-16-8-3-2-4-9-16/h5,7,11,13-14,16H,2-4,6,8-10,12H2,1H3,(H,21,23)(H2,20,22,24). The Labute approximate surface area is 143 Å². The summed E-state index contributed by atoms with van der Waals surface area (Å²) in [6, 6.07) is 3.92. The summed E-state index contributed by atoms with van der Waals surface area (Å²) in [5.41, 5.74) is 0.982. The van der Waals surface area contributed by atoms with Gasteiger partial charge >= 0.3 is 6.03 Å². The van der Waals surface area contributed by atoms with Gasteiger partial charge in [-0.15, -0.1) is 0 Å². The van der Waals surface area contributed by atoms with Crippen molar-refractivity contribution >= 4 is 11.9 Å². The highest BCUT2D eigenvalue weighted by molar-refractivity contribution is 5.76. The van der Waals surface area contributed by atoms with Gasteiger partial charge in [0.2, 0.25) is 5.91 Å². The Morgan fingerprint density at radius 2 is 2.08 bits per heavy atom. The summed E-state index contributed by atoms with van der Waals surface area (Å²) in [7, 11) is 0. The van der Waals surface area contributed by atoms with Crippen molar-refractivity contribution in [1.82, 2.24) is 20.9 Å². The van der Waals surface area contributed by atoms with Crippen molar-refractivity contribution in [1.29, 1.82) is 0 Å². The summed E-state index contributed by atoms with van der Waals surface area (Å²) >= 11 is 0. The lowest BCUT2D eigenvalue weighted by Gasteiger charge is -2.22. The molecule has 1 heterocycles. The number of carbonyl (C=O) groups excluding carboxylic acids is 2. The van der Waals surface area contributed by atoms with Gasteiger partial charge in [-0.2, -0.15) is 0 Å². The molecule has 1 aromatic rings. The molecule has 1 fully saturated rings. The molecule has 0 saturated heterocycles. The van der Waals surface area contributed by atoms with Crippen LogP contribution in [0.25, 0.3) is 0 Å². The van der Waals surface area contributed by atoms with Crippen LogP contribution in [0.1, 0.15) is 63.5 Å². The number of amides is 3. The molecule has 0 radical (unpaired) electrons. The Morgan fingerprint density at radius 1 is 1.29 bits per heavy atom. The smallest absolute Gasteiger partial charge is 0.315 e. The van der Waals surface area contributed by atoms with Crippen LogP contribution in [-0.2, 0) is 4.79 Å². The third-order valence-corrected chi connectivity index (χ3v) is 4.37. The van der Waals surface area contributed by atoms with E-state index < -0.39 is 0 Å². The zero-order chi connectivity index (χ0) is 17.2. The second kappa shape index (κ2) is 9.90. The fraction of sp³-hybridized carbons (Fsp3) is 0.611. The summed E-state index contributed by atoms with van der Waals surface area (Å²) in [5, 5.41) is 8.78. The van der Waals surface area contributed by atoms with Gasteiger partial charge in [0, 0.05) is 31.4 Å². The summed E-state index contributed by atoms with van der Waals surface area (Å²) < 4.78 is 0. The van der Waals surface area contributed by atoms with Gasteiger partial charge in [0.25, 0.3) is 0 Å². The predicted molar refractivity (Wildman–Crippen MR) is 93.4 cm³/mol. The van der Waals surface area contributed by atoms with Crippen molar-refractivity contribution in [3.8, 4) is 0 Å². The molecule has 6 heteroatoms. The van der Waals surface area contributed by atoms with Gasteiger partial charge in [0.15, 0.2) is 0 Å². The van der Waals surface area contributed by atoms with Gasteiger partial charge < -0.3 is 16.0 Å². The first kappa shape index (κ1) is 18.2. The Morgan fingerprint density at radius 3 is 2.79 bits per heavy atom. The highest BCUT2D eigenvalue weighted by atomic mass is 16.2. The van der Waals surface area contributed by atoms with Gasteiger partial charge in [-0.3, -0.25) is 9.78 Å². The Kier molecular flexibility index (Phi) is 7.52. The molecule has 1 atom stereocenters. The molecule has 1 aliphatic carbocycles. The van der Waals surface area contributed by atoms with Crippen molar-refractivity contribution in [3.63, 3.8) is 0 Å². The summed E-state index contributed by atoms with van der Waals surface area (Å²) in [6.07, 6.45) is 10.3. The molecule has 0 bridgehead atoms. The number of carbonyl (C=O) groups is 2. The summed E-state index contributed by atoms with van der Waals surface area (Å²) in [6.45, 7) is 2.44. The van der Waals surface area contributed by atoms with Crippen LogP contribution in [0.15, 0.2) is 24.5 Å². The van der Waals surface area contributed by atoms with E-state index in [1.807, 2.05) is 19.1 Å². The van der Waals surface area contributed by atoms with E-state index in [1.54, 1.807) is 12.4 Å². The molecule has 0 spiro atoms. The maximum Gasteiger partial charge on any atom is 0.315 e. The van der Waals surface area contributed by atoms with Crippen LogP contribution >= 0.6 is 0 Å². The van der Waals surface area contributed by atoms with Crippen molar-refractivity contribution < 1.29 is 9.59 Å². The van der Waals surface area contributed by atoms with E-state index in [0.29, 0.717) is 25.4 Å². The number of pyridine rings is 1. The van der Waals surface area contributed by atoms with Crippen LogP contribution in [0.5, 0.6) is 0 Å². The third kappa shape index (κ3) is 6.56. The topological polar surface area (TPSA) is 83.1 Å². The molecule has 132 valence electrons. The zero-order valence-corrected chi connectivity index (χ0v) is 14.4. The van der Waals surface area contributed by atoms with Crippen LogP contribution < -0.4 is 16.0 Å². The Hall–Kier alpha value is -2.11. The molecule has 3 N–H and O–H groups in total. The quantitative estimate of drug-likeness (QED) is 0.671. The average Bonchev–Trinajstić information content (AvgIpc) is 2.60. The Bertz CT molecular complexity index is 515. The minimum Gasteiger partial charge on any atom is -0.350 e. The van der Waals surface area contributed by atoms with Crippen LogP contribution in [-0.4, -0.2) is 29.5 Å². The van der Waals surface area contributed by atoms with E-state index in [9.17, 15) is 9.59 Å². The van der Waals surface area contributed by atoms with Gasteiger partial charge in [-0.05, 0) is 37.8 Å². The van der Waals surface area contributed by atoms with Gasteiger partial charge in [0.1, 0.15) is 0 Å². The second-order valence-corrected chi connectivity index (χ2v) is 6.41. The van der Waals surface area contributed by atoms with Crippen molar-refractivity contribution in [2.75, 3.05) is 6.54 Å². The zero-order valence-electron chi connectivity index (χ0n) is 14.4. The van der Waals surface area contributed by atoms with Crippen LogP contribution in [0, 0.1) is 0 Å². The van der Waals surface area contributed by atoms with Crippen LogP contribution in [0.3, 0.4) is 0 Å². The summed E-state index contributed by atoms with van der Waals surface area (Å²) in [4.78, 5) is 27.8. The molecule has 3 amide bonds. The average molecular weight is 332 g/mol. The van der Waals surface area contributed by atoms with E-state index in [2.05, 4.69) is 20.9 Å². The fourth-order valence-electron chi connectivity index (χ4n) is 2.96. The van der Waals surface area contributed by atoms with Crippen LogP contribution in [0.2, 0.25) is 0 Å². The first-order valence-corrected chi connectivity index (χ1v) is 8.89. The SMILES string of the molecule is CC(NC(=O)CCCNC(=O)NC1CCCCC1)c1cccnc1. The summed E-state index contributed by atoms with van der Waals surface area (Å²) in [5.74, 6) is -0.0131. The molecule has 0 aliphatic heterocycles. The number of aromatic nitrogens is 1. The molecule has 24 heavy (non-hydrogen) atoms. The minimum atomic E-state index is -0.119. The molecule has 1 aliphatic rings. The maximum absolute atomic E-state index is 11.9. The third-order valence-electron chi connectivity index (χ3n) is 4.37. The molecule has 2 rings (SSSR count). The molecule has 6 nitrogen and oxygen atoms in total. The second-order valence-electron chi connectivity index (χ2n) is 6.41. The van der Waals surface area contributed by atoms with E-state index >= 15 is 0 Å². The van der Waals surface area contributed by atoms with E-state index in [0.717, 1.165) is 18.4 Å². The number of hydrogen-bond donors (Lipinski definition) is 3. The number of nitrogens with one attached hydrogen (secondary N) is 3. The van der Waals surface area contributed by atoms with Crippen molar-refractivity contribution in [2.24, 2.45) is 0 Å². The van der Waals surface area contributed by atoms with Crippen molar-refractivity contribution in [2.45, 2.75) is 64.0 Å². The van der Waals surface area contributed by atoms with Crippen molar-refractivity contribution in [3.05, 3.63) is 30.1 Å². The monoisotopic (exact) mass is 332 g/mol. The number of hydrogen-bond acceptors (Lipinski definition) is 3. The first-order valence-electron chi connectivity index (χ1n) is 8.89. The molecule has 1 aromatic heterocycles. The Balaban J connectivity index is 1.56. The lowest BCUT2D eigenvalue weighted by Crippen LogP contribution is -2.43. The van der Waals surface area contributed by atoms with Crippen LogP contribution in [0.4, 0.5) is 4.79 Å². The normalized spacial score (nSPS) is 16.2. The van der Waals surface area contributed by atoms with E-state index in [4.69, 9.17) is 0 Å². The molecule has 1 saturated carbocycles. The lowest BCUT2D eigenvalue weighted by atomic mass is 9.96. The number of nitrogens with zero attached hydrogens (tertiary/aromatic N) is 1. The van der Waals surface area contributed by atoms with Gasteiger partial charge in [0.05, 0.1) is 6.04 Å². The highest BCUT2D eigenvalue weighted by Gasteiger charge is 2.15. The minimum absolute atomic E-state index is 0.0131. The molecule has 1 unspecified atom stereocenters. The number of rotatable bonds is 7. The predicted octanol–water partition coefficient (Wildman–Crippen LogP) is 2.67.